The third-order valence-corrected chi connectivity index (χ3v) is 5.37. The predicted octanol–water partition coefficient (Wildman–Crippen LogP) is 2.78. The van der Waals surface area contributed by atoms with Crippen molar-refractivity contribution in [2.24, 2.45) is 4.99 Å². The molecule has 0 spiro atoms. The number of aliphatic imine (C=N–C) groups is 1. The van der Waals surface area contributed by atoms with Crippen LogP contribution >= 0.6 is 0 Å². The van der Waals surface area contributed by atoms with Gasteiger partial charge in [-0.15, -0.1) is 0 Å². The van der Waals surface area contributed by atoms with Gasteiger partial charge in [0.25, 0.3) is 0 Å². The number of rotatable bonds is 10. The molecule has 1 aliphatic rings. The summed E-state index contributed by atoms with van der Waals surface area (Å²) in [5.41, 5.74) is 0.949. The summed E-state index contributed by atoms with van der Waals surface area (Å²) in [5, 5.41) is 3.01. The fourth-order valence-corrected chi connectivity index (χ4v) is 3.71. The fraction of sp³-hybridized carbons (Fsp3) is 0.391. The number of anilines is 2. The Morgan fingerprint density at radius 1 is 1.34 bits per heavy atom. The summed E-state index contributed by atoms with van der Waals surface area (Å²) < 4.78 is 10.6. The van der Waals surface area contributed by atoms with Crippen molar-refractivity contribution in [3.05, 3.63) is 48.4 Å². The van der Waals surface area contributed by atoms with E-state index in [2.05, 4.69) is 31.9 Å². The molecule has 9 nitrogen and oxygen atoms in total. The van der Waals surface area contributed by atoms with Crippen LogP contribution < -0.4 is 24.6 Å². The van der Waals surface area contributed by atoms with E-state index < -0.39 is 0 Å². The number of ether oxygens (including phenoxy) is 2. The van der Waals surface area contributed by atoms with Crippen molar-refractivity contribution in [1.82, 2.24) is 15.3 Å². The minimum Gasteiger partial charge on any atom is -0.493 e. The first-order chi connectivity index (χ1) is 15.5. The summed E-state index contributed by atoms with van der Waals surface area (Å²) in [7, 11) is 5.04. The number of aromatic nitrogens is 2. The van der Waals surface area contributed by atoms with Crippen molar-refractivity contribution in [3.8, 4) is 11.5 Å². The van der Waals surface area contributed by atoms with Gasteiger partial charge in [0, 0.05) is 51.2 Å². The average molecular weight is 439 g/mol. The number of amides is 1. The molecule has 170 valence electrons. The minimum atomic E-state index is 0.00285. The van der Waals surface area contributed by atoms with Crippen molar-refractivity contribution in [3.63, 3.8) is 0 Å². The van der Waals surface area contributed by atoms with Crippen molar-refractivity contribution in [1.29, 1.82) is 0 Å². The van der Waals surface area contributed by atoms with E-state index in [-0.39, 0.29) is 11.9 Å². The minimum absolute atomic E-state index is 0.00285. The molecule has 1 aromatic heterocycles. The molecule has 1 N–H and O–H groups in total. The van der Waals surface area contributed by atoms with Gasteiger partial charge in [-0.05, 0) is 43.3 Å². The number of nitrogens with zero attached hydrogens (tertiary/aromatic N) is 5. The molecule has 0 bridgehead atoms. The fourth-order valence-electron chi connectivity index (χ4n) is 3.71. The SMILES string of the molecule is C=N/C=C\N(C)c1nccc(N2CCC[C@@H]2CC(=O)NCc2ccc(OC)c(OC)c2)n1. The molecule has 32 heavy (non-hydrogen) atoms. The average Bonchev–Trinajstić information content (AvgIpc) is 3.29. The smallest absolute Gasteiger partial charge is 0.231 e. The van der Waals surface area contributed by atoms with Crippen LogP contribution in [0.3, 0.4) is 0 Å². The van der Waals surface area contributed by atoms with E-state index in [0.29, 0.717) is 30.4 Å². The summed E-state index contributed by atoms with van der Waals surface area (Å²) >= 11 is 0. The first kappa shape index (κ1) is 23.1. The Labute approximate surface area is 188 Å². The number of benzene rings is 1. The lowest BCUT2D eigenvalue weighted by Crippen LogP contribution is -2.35. The van der Waals surface area contributed by atoms with Gasteiger partial charge in [-0.25, -0.2) is 4.98 Å². The lowest BCUT2D eigenvalue weighted by Gasteiger charge is -2.26. The highest BCUT2D eigenvalue weighted by Crippen LogP contribution is 2.28. The normalized spacial score (nSPS) is 15.6. The largest absolute Gasteiger partial charge is 0.493 e. The molecule has 3 rings (SSSR count). The molecule has 9 heteroatoms. The second-order valence-electron chi connectivity index (χ2n) is 7.47. The van der Waals surface area contributed by atoms with Crippen molar-refractivity contribution in [2.45, 2.75) is 31.8 Å². The van der Waals surface area contributed by atoms with Crippen LogP contribution in [0.25, 0.3) is 0 Å². The van der Waals surface area contributed by atoms with Crippen LogP contribution in [0, 0.1) is 0 Å². The molecule has 0 aliphatic carbocycles. The van der Waals surface area contributed by atoms with E-state index in [1.807, 2.05) is 31.3 Å². The second kappa shape index (κ2) is 11.1. The molecule has 1 fully saturated rings. The Balaban J connectivity index is 1.61. The van der Waals surface area contributed by atoms with E-state index in [9.17, 15) is 4.79 Å². The first-order valence-electron chi connectivity index (χ1n) is 10.5. The zero-order chi connectivity index (χ0) is 22.9. The van der Waals surface area contributed by atoms with Gasteiger partial charge < -0.3 is 24.6 Å². The van der Waals surface area contributed by atoms with Gasteiger partial charge in [0.05, 0.1) is 14.2 Å². The summed E-state index contributed by atoms with van der Waals surface area (Å²) in [4.78, 5) is 29.3. The van der Waals surface area contributed by atoms with Crippen LogP contribution in [-0.4, -0.2) is 56.4 Å². The lowest BCUT2D eigenvalue weighted by molar-refractivity contribution is -0.121. The number of methoxy groups -OCH3 is 2. The van der Waals surface area contributed by atoms with Gasteiger partial charge in [0.2, 0.25) is 11.9 Å². The molecular weight excluding hydrogens is 408 g/mol. The van der Waals surface area contributed by atoms with Gasteiger partial charge in [-0.1, -0.05) is 6.07 Å². The van der Waals surface area contributed by atoms with Crippen LogP contribution in [0.4, 0.5) is 11.8 Å². The Morgan fingerprint density at radius 2 is 2.16 bits per heavy atom. The third kappa shape index (κ3) is 5.75. The number of carbonyl (C=O) groups excluding carboxylic acids is 1. The molecule has 1 amide bonds. The maximum atomic E-state index is 12.7. The van der Waals surface area contributed by atoms with Crippen LogP contribution in [0.2, 0.25) is 0 Å². The molecule has 1 atom stereocenters. The highest BCUT2D eigenvalue weighted by atomic mass is 16.5. The third-order valence-electron chi connectivity index (χ3n) is 5.37. The van der Waals surface area contributed by atoms with E-state index in [1.54, 1.807) is 37.7 Å². The highest BCUT2D eigenvalue weighted by molar-refractivity contribution is 5.77. The predicted molar refractivity (Wildman–Crippen MR) is 126 cm³/mol. The quantitative estimate of drug-likeness (QED) is 0.570. The van der Waals surface area contributed by atoms with Gasteiger partial charge in [0.15, 0.2) is 11.5 Å². The highest BCUT2D eigenvalue weighted by Gasteiger charge is 2.28. The molecule has 0 saturated carbocycles. The Hall–Kier alpha value is -3.62. The van der Waals surface area contributed by atoms with Crippen LogP contribution in [0.15, 0.2) is 47.9 Å². The summed E-state index contributed by atoms with van der Waals surface area (Å²) in [6, 6.07) is 7.60. The zero-order valence-electron chi connectivity index (χ0n) is 18.8. The molecule has 0 unspecified atom stereocenters. The molecule has 0 radical (unpaired) electrons. The topological polar surface area (TPSA) is 92.2 Å². The number of hydrogen-bond acceptors (Lipinski definition) is 8. The number of hydrogen-bond donors (Lipinski definition) is 1. The van der Waals surface area contributed by atoms with E-state index in [1.165, 1.54) is 0 Å². The first-order valence-corrected chi connectivity index (χ1v) is 10.5. The van der Waals surface area contributed by atoms with Crippen molar-refractivity contribution >= 4 is 24.4 Å². The molecule has 1 saturated heterocycles. The maximum absolute atomic E-state index is 12.7. The molecule has 2 heterocycles. The Morgan fingerprint density at radius 3 is 2.91 bits per heavy atom. The standard InChI is InChI=1S/C23H30N6O3/c1-24-11-13-28(2)23-25-10-9-21(27-23)29-12-5-6-18(29)15-22(30)26-16-17-7-8-19(31-3)20(14-17)32-4/h7-11,13-14,18H,1,5-6,12,15-16H2,2-4H3,(H,26,30)/b13-11-/t18-/m1/s1. The molecule has 1 aliphatic heterocycles. The molecular formula is C23H30N6O3. The van der Waals surface area contributed by atoms with Gasteiger partial charge in [-0.3, -0.25) is 9.79 Å². The zero-order valence-corrected chi connectivity index (χ0v) is 18.8. The van der Waals surface area contributed by atoms with E-state index in [0.717, 1.165) is 30.8 Å². The van der Waals surface area contributed by atoms with Crippen LogP contribution in [0.1, 0.15) is 24.8 Å². The van der Waals surface area contributed by atoms with Crippen LogP contribution in [0.5, 0.6) is 11.5 Å². The second-order valence-corrected chi connectivity index (χ2v) is 7.47. The maximum Gasteiger partial charge on any atom is 0.231 e. The molecule has 1 aromatic carbocycles. The monoisotopic (exact) mass is 438 g/mol. The van der Waals surface area contributed by atoms with Gasteiger partial charge in [-0.2, -0.15) is 4.98 Å². The summed E-state index contributed by atoms with van der Waals surface area (Å²) in [6.07, 6.45) is 7.42. The van der Waals surface area contributed by atoms with E-state index in [4.69, 9.17) is 9.47 Å². The lowest BCUT2D eigenvalue weighted by atomic mass is 10.1. The van der Waals surface area contributed by atoms with Crippen molar-refractivity contribution < 1.29 is 14.3 Å². The number of carbonyl (C=O) groups is 1. The van der Waals surface area contributed by atoms with Gasteiger partial charge >= 0.3 is 0 Å². The summed E-state index contributed by atoms with van der Waals surface area (Å²) in [5.74, 6) is 2.69. The Bertz CT molecular complexity index is 964. The van der Waals surface area contributed by atoms with Gasteiger partial charge in [0.1, 0.15) is 5.82 Å². The van der Waals surface area contributed by atoms with E-state index >= 15 is 0 Å². The summed E-state index contributed by atoms with van der Waals surface area (Å²) in [6.45, 7) is 4.72. The van der Waals surface area contributed by atoms with Crippen molar-refractivity contribution in [2.75, 3.05) is 37.6 Å². The van der Waals surface area contributed by atoms with Crippen LogP contribution in [-0.2, 0) is 11.3 Å². The number of nitrogens with one attached hydrogen (secondary N) is 1. The molecule has 2 aromatic rings. The Kier molecular flexibility index (Phi) is 8.02.